The van der Waals surface area contributed by atoms with Crippen LogP contribution in [0, 0.1) is 6.92 Å². The first-order chi connectivity index (χ1) is 11.5. The highest BCUT2D eigenvalue weighted by atomic mass is 32.1. The molecule has 0 unspecified atom stereocenters. The van der Waals surface area contributed by atoms with Gasteiger partial charge in [-0.3, -0.25) is 19.0 Å². The van der Waals surface area contributed by atoms with Crippen LogP contribution in [0.25, 0.3) is 0 Å². The maximum Gasteiger partial charge on any atom is 0.326 e. The summed E-state index contributed by atoms with van der Waals surface area (Å²) in [5.41, 5.74) is 4.00. The van der Waals surface area contributed by atoms with Gasteiger partial charge in [0.25, 0.3) is 5.91 Å². The molecule has 3 rings (SSSR count). The summed E-state index contributed by atoms with van der Waals surface area (Å²) in [4.78, 5) is 35.0. The number of aryl methyl sites for hydroxylation is 3. The van der Waals surface area contributed by atoms with Gasteiger partial charge in [-0.05, 0) is 49.4 Å². The Morgan fingerprint density at radius 1 is 1.29 bits per heavy atom. The maximum absolute atomic E-state index is 11.9. The largest absolute Gasteiger partial charge is 0.454 e. The van der Waals surface area contributed by atoms with Crippen molar-refractivity contribution in [2.24, 2.45) is 0 Å². The molecular formula is C17H18N2O4S. The van der Waals surface area contributed by atoms with Crippen LogP contribution in [0.2, 0.25) is 0 Å². The van der Waals surface area contributed by atoms with E-state index in [1.165, 1.54) is 15.7 Å². The molecule has 7 heteroatoms. The smallest absolute Gasteiger partial charge is 0.326 e. The SMILES string of the molecule is Cc1csc(=O)n1CC(=O)OCC(=O)Nc1ccc2c(c1)CCC2. The van der Waals surface area contributed by atoms with E-state index in [1.54, 1.807) is 12.3 Å². The van der Waals surface area contributed by atoms with Gasteiger partial charge in [-0.15, -0.1) is 0 Å². The Kier molecular flexibility index (Phi) is 4.80. The number of anilines is 1. The van der Waals surface area contributed by atoms with Crippen LogP contribution >= 0.6 is 11.3 Å². The summed E-state index contributed by atoms with van der Waals surface area (Å²) >= 11 is 1.03. The van der Waals surface area contributed by atoms with Crippen LogP contribution in [-0.4, -0.2) is 23.1 Å². The summed E-state index contributed by atoms with van der Waals surface area (Å²) < 4.78 is 6.27. The summed E-state index contributed by atoms with van der Waals surface area (Å²) in [6, 6.07) is 5.85. The fourth-order valence-corrected chi connectivity index (χ4v) is 3.50. The van der Waals surface area contributed by atoms with Gasteiger partial charge in [0, 0.05) is 16.8 Å². The zero-order chi connectivity index (χ0) is 17.1. The lowest BCUT2D eigenvalue weighted by molar-refractivity contribution is -0.147. The number of thiazole rings is 1. The Morgan fingerprint density at radius 2 is 2.08 bits per heavy atom. The van der Waals surface area contributed by atoms with Crippen molar-refractivity contribution in [3.8, 4) is 0 Å². The van der Waals surface area contributed by atoms with E-state index >= 15 is 0 Å². The second kappa shape index (κ2) is 7.00. The molecule has 0 saturated carbocycles. The van der Waals surface area contributed by atoms with E-state index < -0.39 is 11.9 Å². The summed E-state index contributed by atoms with van der Waals surface area (Å²) in [7, 11) is 0. The molecule has 0 bridgehead atoms. The standard InChI is InChI=1S/C17H18N2O4S/c1-11-10-24-17(22)19(11)8-16(21)23-9-15(20)18-14-6-5-12-3-2-4-13(12)7-14/h5-7,10H,2-4,8-9H2,1H3,(H,18,20). The molecular weight excluding hydrogens is 328 g/mol. The number of benzene rings is 1. The third-order valence-corrected chi connectivity index (χ3v) is 4.89. The number of fused-ring (bicyclic) bond motifs is 1. The van der Waals surface area contributed by atoms with Crippen molar-refractivity contribution in [2.45, 2.75) is 32.7 Å². The van der Waals surface area contributed by atoms with Crippen molar-refractivity contribution in [3.63, 3.8) is 0 Å². The van der Waals surface area contributed by atoms with Crippen molar-refractivity contribution in [1.29, 1.82) is 0 Å². The molecule has 1 aromatic heterocycles. The zero-order valence-electron chi connectivity index (χ0n) is 13.3. The molecule has 1 amide bonds. The number of amides is 1. The maximum atomic E-state index is 11.9. The highest BCUT2D eigenvalue weighted by Crippen LogP contribution is 2.24. The van der Waals surface area contributed by atoms with E-state index in [0.29, 0.717) is 11.4 Å². The van der Waals surface area contributed by atoms with Gasteiger partial charge >= 0.3 is 10.8 Å². The van der Waals surface area contributed by atoms with Crippen LogP contribution < -0.4 is 10.2 Å². The number of esters is 1. The topological polar surface area (TPSA) is 77.4 Å². The molecule has 0 atom stereocenters. The van der Waals surface area contributed by atoms with E-state index in [2.05, 4.69) is 5.32 Å². The van der Waals surface area contributed by atoms with E-state index in [-0.39, 0.29) is 18.0 Å². The van der Waals surface area contributed by atoms with E-state index in [4.69, 9.17) is 4.74 Å². The van der Waals surface area contributed by atoms with Crippen molar-refractivity contribution >= 4 is 28.9 Å². The number of nitrogens with one attached hydrogen (secondary N) is 1. The third kappa shape index (κ3) is 3.73. The van der Waals surface area contributed by atoms with Gasteiger partial charge < -0.3 is 10.1 Å². The Labute approximate surface area is 143 Å². The number of hydrogen-bond acceptors (Lipinski definition) is 5. The first-order valence-electron chi connectivity index (χ1n) is 7.75. The van der Waals surface area contributed by atoms with Crippen LogP contribution in [0.3, 0.4) is 0 Å². The molecule has 1 N–H and O–H groups in total. The van der Waals surface area contributed by atoms with E-state index in [0.717, 1.165) is 30.6 Å². The Morgan fingerprint density at radius 3 is 2.83 bits per heavy atom. The molecule has 1 aliphatic rings. The molecule has 0 aliphatic heterocycles. The van der Waals surface area contributed by atoms with Crippen molar-refractivity contribution in [1.82, 2.24) is 4.57 Å². The number of carbonyl (C=O) groups is 2. The Balaban J connectivity index is 1.50. The number of rotatable bonds is 5. The number of ether oxygens (including phenoxy) is 1. The molecule has 1 aliphatic carbocycles. The average Bonchev–Trinajstić information content (AvgIpc) is 3.14. The van der Waals surface area contributed by atoms with Gasteiger partial charge in [-0.1, -0.05) is 17.4 Å². The quantitative estimate of drug-likeness (QED) is 0.839. The fourth-order valence-electron chi connectivity index (χ4n) is 2.76. The second-order valence-corrected chi connectivity index (χ2v) is 6.60. The minimum atomic E-state index is -0.609. The molecule has 126 valence electrons. The van der Waals surface area contributed by atoms with Gasteiger partial charge in [0.15, 0.2) is 6.61 Å². The van der Waals surface area contributed by atoms with Gasteiger partial charge in [0.05, 0.1) is 0 Å². The number of aromatic nitrogens is 1. The highest BCUT2D eigenvalue weighted by molar-refractivity contribution is 7.07. The summed E-state index contributed by atoms with van der Waals surface area (Å²) in [5.74, 6) is -1.00. The molecule has 6 nitrogen and oxygen atoms in total. The van der Waals surface area contributed by atoms with Crippen LogP contribution in [0.15, 0.2) is 28.4 Å². The Bertz CT molecular complexity index is 837. The molecule has 1 heterocycles. The van der Waals surface area contributed by atoms with E-state index in [1.807, 2.05) is 18.2 Å². The normalized spacial score (nSPS) is 12.7. The molecule has 0 radical (unpaired) electrons. The molecule has 1 aromatic carbocycles. The summed E-state index contributed by atoms with van der Waals surface area (Å²) in [5, 5.41) is 4.40. The molecule has 0 fully saturated rings. The minimum Gasteiger partial charge on any atom is -0.454 e. The van der Waals surface area contributed by atoms with E-state index in [9.17, 15) is 14.4 Å². The van der Waals surface area contributed by atoms with Crippen molar-refractivity contribution in [2.75, 3.05) is 11.9 Å². The Hall–Kier alpha value is -2.41. The first-order valence-corrected chi connectivity index (χ1v) is 8.63. The van der Waals surface area contributed by atoms with Gasteiger partial charge in [0.1, 0.15) is 6.54 Å². The number of carbonyl (C=O) groups excluding carboxylic acids is 2. The average molecular weight is 346 g/mol. The fraction of sp³-hybridized carbons (Fsp3) is 0.353. The number of nitrogens with zero attached hydrogens (tertiary/aromatic N) is 1. The lowest BCUT2D eigenvalue weighted by Gasteiger charge is -2.09. The number of hydrogen-bond donors (Lipinski definition) is 1. The molecule has 0 spiro atoms. The van der Waals surface area contributed by atoms with Crippen molar-refractivity contribution in [3.05, 3.63) is 50.1 Å². The first kappa shape index (κ1) is 16.4. The third-order valence-electron chi connectivity index (χ3n) is 4.01. The van der Waals surface area contributed by atoms with Gasteiger partial charge in [-0.25, -0.2) is 0 Å². The van der Waals surface area contributed by atoms with Gasteiger partial charge in [0.2, 0.25) is 0 Å². The monoisotopic (exact) mass is 346 g/mol. The molecule has 0 saturated heterocycles. The predicted octanol–water partition coefficient (Wildman–Crippen LogP) is 1.89. The lowest BCUT2D eigenvalue weighted by atomic mass is 10.1. The van der Waals surface area contributed by atoms with Crippen LogP contribution in [-0.2, 0) is 33.7 Å². The predicted molar refractivity (Wildman–Crippen MR) is 91.4 cm³/mol. The van der Waals surface area contributed by atoms with Gasteiger partial charge in [-0.2, -0.15) is 0 Å². The van der Waals surface area contributed by atoms with Crippen molar-refractivity contribution < 1.29 is 14.3 Å². The second-order valence-electron chi connectivity index (χ2n) is 5.78. The summed E-state index contributed by atoms with van der Waals surface area (Å²) in [6.45, 7) is 1.19. The van der Waals surface area contributed by atoms with Crippen LogP contribution in [0.1, 0.15) is 23.2 Å². The summed E-state index contributed by atoms with van der Waals surface area (Å²) in [6.07, 6.45) is 3.26. The molecule has 24 heavy (non-hydrogen) atoms. The molecule has 2 aromatic rings. The van der Waals surface area contributed by atoms with Crippen LogP contribution in [0.5, 0.6) is 0 Å². The van der Waals surface area contributed by atoms with Crippen LogP contribution in [0.4, 0.5) is 5.69 Å². The lowest BCUT2D eigenvalue weighted by Crippen LogP contribution is -2.26. The zero-order valence-corrected chi connectivity index (χ0v) is 14.1. The highest BCUT2D eigenvalue weighted by Gasteiger charge is 2.14. The minimum absolute atomic E-state index is 0.180.